The van der Waals surface area contributed by atoms with Crippen LogP contribution in [-0.4, -0.2) is 39.8 Å². The van der Waals surface area contributed by atoms with Gasteiger partial charge in [0.25, 0.3) is 5.91 Å². The average Bonchev–Trinajstić information content (AvgIpc) is 2.51. The monoisotopic (exact) mass is 356 g/mol. The molecule has 0 aliphatic rings. The van der Waals surface area contributed by atoms with Gasteiger partial charge in [0.2, 0.25) is 10.0 Å². The Bertz CT molecular complexity index is 641. The van der Waals surface area contributed by atoms with Gasteiger partial charge in [-0.15, -0.1) is 0 Å². The van der Waals surface area contributed by atoms with E-state index in [1.165, 1.54) is 11.4 Å². The van der Waals surface area contributed by atoms with Crippen molar-refractivity contribution in [3.05, 3.63) is 24.3 Å². The number of rotatable bonds is 8. The Hall–Kier alpha value is -1.76. The van der Waals surface area contributed by atoms with Crippen molar-refractivity contribution in [1.82, 2.24) is 5.32 Å². The van der Waals surface area contributed by atoms with E-state index in [4.69, 9.17) is 4.74 Å². The van der Waals surface area contributed by atoms with Crippen LogP contribution in [0.3, 0.4) is 0 Å². The van der Waals surface area contributed by atoms with Crippen LogP contribution in [0.2, 0.25) is 0 Å². The SMILES string of the molecule is CC[C@@H](Oc1ccc(N(C)S(C)(=O)=O)cc1)C(=O)N[C@H](C)C(C)C. The van der Waals surface area contributed by atoms with Crippen LogP contribution in [0.25, 0.3) is 0 Å². The predicted octanol–water partition coefficient (Wildman–Crippen LogP) is 2.40. The molecule has 0 saturated carbocycles. The summed E-state index contributed by atoms with van der Waals surface area (Å²) in [6, 6.07) is 6.70. The standard InChI is InChI=1S/C17H28N2O4S/c1-7-16(17(20)18-13(4)12(2)3)23-15-10-8-14(9-11-15)19(5)24(6,21)22/h8-13,16H,7H2,1-6H3,(H,18,20)/t13-,16-/m1/s1. The van der Waals surface area contributed by atoms with Crippen molar-refractivity contribution in [3.63, 3.8) is 0 Å². The smallest absolute Gasteiger partial charge is 0.261 e. The fraction of sp³-hybridized carbons (Fsp3) is 0.588. The third-order valence-corrected chi connectivity index (χ3v) is 5.22. The van der Waals surface area contributed by atoms with Crippen molar-refractivity contribution >= 4 is 21.6 Å². The van der Waals surface area contributed by atoms with Crippen LogP contribution in [-0.2, 0) is 14.8 Å². The molecule has 24 heavy (non-hydrogen) atoms. The van der Waals surface area contributed by atoms with E-state index in [-0.39, 0.29) is 11.9 Å². The molecule has 1 N–H and O–H groups in total. The van der Waals surface area contributed by atoms with E-state index in [2.05, 4.69) is 5.32 Å². The van der Waals surface area contributed by atoms with E-state index in [0.29, 0.717) is 23.8 Å². The van der Waals surface area contributed by atoms with Crippen molar-refractivity contribution in [3.8, 4) is 5.75 Å². The number of benzene rings is 1. The zero-order chi connectivity index (χ0) is 18.5. The van der Waals surface area contributed by atoms with Gasteiger partial charge in [0, 0.05) is 13.1 Å². The Labute approximate surface area is 145 Å². The molecule has 6 nitrogen and oxygen atoms in total. The molecule has 1 rings (SSSR count). The Morgan fingerprint density at radius 2 is 1.75 bits per heavy atom. The minimum absolute atomic E-state index is 0.0703. The van der Waals surface area contributed by atoms with Crippen LogP contribution < -0.4 is 14.4 Å². The highest BCUT2D eigenvalue weighted by Gasteiger charge is 2.21. The fourth-order valence-corrected chi connectivity index (χ4v) is 2.40. The maximum absolute atomic E-state index is 12.3. The number of anilines is 1. The van der Waals surface area contributed by atoms with Crippen molar-refractivity contribution in [2.75, 3.05) is 17.6 Å². The number of hydrogen-bond acceptors (Lipinski definition) is 4. The molecule has 1 aromatic rings. The van der Waals surface area contributed by atoms with Crippen molar-refractivity contribution < 1.29 is 17.9 Å². The third-order valence-electron chi connectivity index (χ3n) is 4.01. The van der Waals surface area contributed by atoms with Crippen molar-refractivity contribution in [2.45, 2.75) is 46.3 Å². The zero-order valence-corrected chi connectivity index (χ0v) is 16.1. The van der Waals surface area contributed by atoms with Crippen LogP contribution in [0.4, 0.5) is 5.69 Å². The number of ether oxygens (including phenoxy) is 1. The Morgan fingerprint density at radius 3 is 2.17 bits per heavy atom. The molecule has 2 atom stereocenters. The predicted molar refractivity (Wildman–Crippen MR) is 96.8 cm³/mol. The Balaban J connectivity index is 2.78. The Morgan fingerprint density at radius 1 is 1.21 bits per heavy atom. The first-order chi connectivity index (χ1) is 11.1. The molecule has 0 aliphatic carbocycles. The topological polar surface area (TPSA) is 75.7 Å². The quantitative estimate of drug-likeness (QED) is 0.776. The number of carbonyl (C=O) groups is 1. The molecule has 136 valence electrons. The van der Waals surface area contributed by atoms with E-state index < -0.39 is 16.1 Å². The highest BCUT2D eigenvalue weighted by molar-refractivity contribution is 7.92. The number of nitrogens with one attached hydrogen (secondary N) is 1. The summed E-state index contributed by atoms with van der Waals surface area (Å²) in [5, 5.41) is 2.95. The van der Waals surface area contributed by atoms with E-state index in [1.807, 2.05) is 27.7 Å². The lowest BCUT2D eigenvalue weighted by Crippen LogP contribution is -2.44. The van der Waals surface area contributed by atoms with E-state index in [1.54, 1.807) is 24.3 Å². The summed E-state index contributed by atoms with van der Waals surface area (Å²) in [5.74, 6) is 0.730. The molecule has 0 spiro atoms. The van der Waals surface area contributed by atoms with Gasteiger partial charge in [0.1, 0.15) is 5.75 Å². The molecule has 1 aromatic carbocycles. The van der Waals surface area contributed by atoms with Crippen LogP contribution in [0.15, 0.2) is 24.3 Å². The summed E-state index contributed by atoms with van der Waals surface area (Å²) in [6.45, 7) is 7.94. The van der Waals surface area contributed by atoms with E-state index in [0.717, 1.165) is 6.26 Å². The molecule has 0 radical (unpaired) electrons. The van der Waals surface area contributed by atoms with Gasteiger partial charge in [-0.2, -0.15) is 0 Å². The molecule has 0 bridgehead atoms. The molecule has 0 aromatic heterocycles. The summed E-state index contributed by atoms with van der Waals surface area (Å²) >= 11 is 0. The fourth-order valence-electron chi connectivity index (χ4n) is 1.90. The summed E-state index contributed by atoms with van der Waals surface area (Å²) in [6.07, 6.45) is 1.11. The molecular formula is C17H28N2O4S. The number of hydrogen-bond donors (Lipinski definition) is 1. The summed E-state index contributed by atoms with van der Waals surface area (Å²) < 4.78 is 30.0. The molecule has 0 aliphatic heterocycles. The van der Waals surface area contributed by atoms with E-state index >= 15 is 0 Å². The van der Waals surface area contributed by atoms with Gasteiger partial charge >= 0.3 is 0 Å². The second-order valence-electron chi connectivity index (χ2n) is 6.28. The lowest BCUT2D eigenvalue weighted by Gasteiger charge is -2.23. The highest BCUT2D eigenvalue weighted by Crippen LogP contribution is 2.21. The normalized spacial score (nSPS) is 14.1. The number of carbonyl (C=O) groups excluding carboxylic acids is 1. The first-order valence-electron chi connectivity index (χ1n) is 8.07. The first kappa shape index (κ1) is 20.3. The molecule has 0 heterocycles. The number of sulfonamides is 1. The van der Waals surface area contributed by atoms with Crippen LogP contribution >= 0.6 is 0 Å². The molecule has 0 unspecified atom stereocenters. The second kappa shape index (κ2) is 8.37. The largest absolute Gasteiger partial charge is 0.481 e. The van der Waals surface area contributed by atoms with Crippen molar-refractivity contribution in [2.24, 2.45) is 5.92 Å². The average molecular weight is 356 g/mol. The van der Waals surface area contributed by atoms with Gasteiger partial charge in [-0.1, -0.05) is 20.8 Å². The van der Waals surface area contributed by atoms with Crippen LogP contribution in [0, 0.1) is 5.92 Å². The lowest BCUT2D eigenvalue weighted by molar-refractivity contribution is -0.129. The molecule has 0 fully saturated rings. The van der Waals surface area contributed by atoms with Gasteiger partial charge in [-0.3, -0.25) is 9.10 Å². The second-order valence-corrected chi connectivity index (χ2v) is 8.29. The highest BCUT2D eigenvalue weighted by atomic mass is 32.2. The summed E-state index contributed by atoms with van der Waals surface area (Å²) in [7, 11) is -1.82. The minimum atomic E-state index is -3.30. The molecular weight excluding hydrogens is 328 g/mol. The maximum atomic E-state index is 12.3. The lowest BCUT2D eigenvalue weighted by atomic mass is 10.1. The van der Waals surface area contributed by atoms with Gasteiger partial charge < -0.3 is 10.1 Å². The van der Waals surface area contributed by atoms with Crippen molar-refractivity contribution in [1.29, 1.82) is 0 Å². The van der Waals surface area contributed by atoms with Gasteiger partial charge in [-0.25, -0.2) is 8.42 Å². The van der Waals surface area contributed by atoms with Gasteiger partial charge in [0.05, 0.1) is 11.9 Å². The zero-order valence-electron chi connectivity index (χ0n) is 15.2. The molecule has 1 amide bonds. The summed E-state index contributed by atoms with van der Waals surface area (Å²) in [5.41, 5.74) is 0.538. The van der Waals surface area contributed by atoms with E-state index in [9.17, 15) is 13.2 Å². The summed E-state index contributed by atoms with van der Waals surface area (Å²) in [4.78, 5) is 12.3. The van der Waals surface area contributed by atoms with Gasteiger partial charge in [0.15, 0.2) is 6.10 Å². The third kappa shape index (κ3) is 5.70. The Kier molecular flexibility index (Phi) is 7.08. The van der Waals surface area contributed by atoms with Crippen LogP contribution in [0.1, 0.15) is 34.1 Å². The number of amides is 1. The molecule has 7 heteroatoms. The number of nitrogens with zero attached hydrogens (tertiary/aromatic N) is 1. The van der Waals surface area contributed by atoms with Gasteiger partial charge in [-0.05, 0) is 43.5 Å². The van der Waals surface area contributed by atoms with Crippen LogP contribution in [0.5, 0.6) is 5.75 Å². The molecule has 0 saturated heterocycles. The minimum Gasteiger partial charge on any atom is -0.481 e. The first-order valence-corrected chi connectivity index (χ1v) is 9.92. The maximum Gasteiger partial charge on any atom is 0.261 e.